The number of nitrogens with one attached hydrogen (secondary N) is 3. The molecule has 1 fully saturated rings. The minimum Gasteiger partial charge on any atom is -0.467 e. The van der Waals surface area contributed by atoms with Gasteiger partial charge in [0.05, 0.1) is 43.7 Å². The van der Waals surface area contributed by atoms with Gasteiger partial charge in [-0.1, -0.05) is 60.1 Å². The zero-order valence-electron chi connectivity index (χ0n) is 35.2. The van der Waals surface area contributed by atoms with Crippen molar-refractivity contribution in [3.63, 3.8) is 0 Å². The van der Waals surface area contributed by atoms with Gasteiger partial charge in [-0.25, -0.2) is 4.79 Å². The van der Waals surface area contributed by atoms with Crippen LogP contribution in [0.2, 0.25) is 0 Å². The Balaban J connectivity index is 2.25. The summed E-state index contributed by atoms with van der Waals surface area (Å²) in [5.74, 6) is -2.70. The number of nitrogens with zero attached hydrogens (tertiary/aromatic N) is 2. The van der Waals surface area contributed by atoms with Crippen LogP contribution in [0.5, 0.6) is 0 Å². The average Bonchev–Trinajstić information content (AvgIpc) is 3.66. The van der Waals surface area contributed by atoms with Gasteiger partial charge in [0.15, 0.2) is 0 Å². The number of likely N-dealkylation sites (N-methyl/N-ethyl adjacent to an activating group) is 1. The highest BCUT2D eigenvalue weighted by molar-refractivity contribution is 5.89. The second kappa shape index (κ2) is 23.3. The molecule has 0 aromatic heterocycles. The van der Waals surface area contributed by atoms with Gasteiger partial charge in [-0.05, 0) is 68.8 Å². The number of amides is 4. The largest absolute Gasteiger partial charge is 0.467 e. The Hall–Kier alpha value is -3.75. The number of benzene rings is 1. The number of carbonyl (C=O) groups is 5. The minimum absolute atomic E-state index is 0.00381. The predicted molar refractivity (Wildman–Crippen MR) is 214 cm³/mol. The summed E-state index contributed by atoms with van der Waals surface area (Å²) in [7, 11) is 7.94. The number of carbonyl (C=O) groups excluding carboxylic acids is 5. The van der Waals surface area contributed by atoms with Crippen molar-refractivity contribution in [2.24, 2.45) is 23.7 Å². The third-order valence-corrected chi connectivity index (χ3v) is 11.2. The molecule has 312 valence electrons. The Morgan fingerprint density at radius 2 is 1.62 bits per heavy atom. The maximum absolute atomic E-state index is 14.2. The fraction of sp³-hybridized carbons (Fsp3) is 0.732. The second-order valence-corrected chi connectivity index (χ2v) is 15.5. The van der Waals surface area contributed by atoms with E-state index in [0.29, 0.717) is 25.1 Å². The van der Waals surface area contributed by atoms with E-state index in [1.54, 1.807) is 55.1 Å². The Morgan fingerprint density at radius 3 is 2.16 bits per heavy atom. The van der Waals surface area contributed by atoms with Crippen LogP contribution in [0, 0.1) is 23.7 Å². The lowest BCUT2D eigenvalue weighted by Gasteiger charge is -2.41. The standard InChI is InChI=1S/C41H70N6O8/c1-12-26(4)36(46(8)40(51)35(25(2)3)45-38(49)27(5)15-13-21-43-7)33(53-9)24-34(48)47-22-14-16-32(47)37(54-10)28(6)39(50)44-31(41(52)55-11)23-29-17-19-30(42)20-18-29/h17-20,25-28,31-33,35-37,43H,12-16,21-24,42H2,1-11H3,(H,44,50)(H,45,49)/t26-,27?,28+,31-,32-,33+,35-,36-,37+/m0/s1. The third-order valence-electron chi connectivity index (χ3n) is 11.2. The SMILES string of the molecule is CC[C@H](C)[C@@H]([C@@H](CC(=O)N1CCC[C@H]1[C@H](OC)[C@@H](C)C(=O)N[C@@H](Cc1ccc(N)cc1)C(=O)OC)OC)N(C)C(=O)[C@@H](NC(=O)C(C)CCCNC)C(C)C. The Morgan fingerprint density at radius 1 is 0.964 bits per heavy atom. The Bertz CT molecular complexity index is 1380. The molecule has 0 spiro atoms. The molecule has 14 heteroatoms. The maximum atomic E-state index is 14.2. The molecule has 9 atom stereocenters. The fourth-order valence-corrected chi connectivity index (χ4v) is 7.58. The summed E-state index contributed by atoms with van der Waals surface area (Å²) < 4.78 is 16.9. The molecule has 0 radical (unpaired) electrons. The molecule has 1 aromatic rings. The summed E-state index contributed by atoms with van der Waals surface area (Å²) >= 11 is 0. The lowest BCUT2D eigenvalue weighted by atomic mass is 9.89. The van der Waals surface area contributed by atoms with Gasteiger partial charge in [0.25, 0.3) is 0 Å². The average molecular weight is 775 g/mol. The summed E-state index contributed by atoms with van der Waals surface area (Å²) in [4.78, 5) is 71.3. The van der Waals surface area contributed by atoms with Crippen molar-refractivity contribution in [1.29, 1.82) is 0 Å². The molecule has 55 heavy (non-hydrogen) atoms. The summed E-state index contributed by atoms with van der Waals surface area (Å²) in [6, 6.07) is 4.51. The first kappa shape index (κ1) is 47.4. The minimum atomic E-state index is -0.933. The fourth-order valence-electron chi connectivity index (χ4n) is 7.58. The van der Waals surface area contributed by atoms with E-state index in [9.17, 15) is 24.0 Å². The summed E-state index contributed by atoms with van der Waals surface area (Å²) in [5, 5.41) is 8.96. The third kappa shape index (κ3) is 13.5. The van der Waals surface area contributed by atoms with Gasteiger partial charge in [0.1, 0.15) is 12.1 Å². The first-order chi connectivity index (χ1) is 26.1. The first-order valence-corrected chi connectivity index (χ1v) is 19.9. The van der Waals surface area contributed by atoms with Crippen LogP contribution in [0.25, 0.3) is 0 Å². The van der Waals surface area contributed by atoms with E-state index in [2.05, 4.69) is 16.0 Å². The van der Waals surface area contributed by atoms with Crippen LogP contribution in [-0.2, 0) is 44.6 Å². The van der Waals surface area contributed by atoms with Gasteiger partial charge in [0.2, 0.25) is 23.6 Å². The molecule has 1 aliphatic heterocycles. The first-order valence-electron chi connectivity index (χ1n) is 19.9. The number of likely N-dealkylation sites (tertiary alicyclic amines) is 1. The molecule has 0 bridgehead atoms. The predicted octanol–water partition coefficient (Wildman–Crippen LogP) is 3.17. The molecule has 4 amide bonds. The van der Waals surface area contributed by atoms with E-state index < -0.39 is 54.2 Å². The molecule has 1 unspecified atom stereocenters. The van der Waals surface area contributed by atoms with Gasteiger partial charge in [-0.15, -0.1) is 0 Å². The number of hydrogen-bond acceptors (Lipinski definition) is 10. The number of nitrogen functional groups attached to an aromatic ring is 1. The summed E-state index contributed by atoms with van der Waals surface area (Å²) in [5.41, 5.74) is 7.21. The summed E-state index contributed by atoms with van der Waals surface area (Å²) in [6.45, 7) is 12.8. The summed E-state index contributed by atoms with van der Waals surface area (Å²) in [6.07, 6.45) is 2.55. The van der Waals surface area contributed by atoms with Crippen LogP contribution in [0.15, 0.2) is 24.3 Å². The van der Waals surface area contributed by atoms with Crippen LogP contribution in [0.1, 0.15) is 85.6 Å². The van der Waals surface area contributed by atoms with Gasteiger partial charge < -0.3 is 45.7 Å². The molecular formula is C41H70N6O8. The van der Waals surface area contributed by atoms with Crippen molar-refractivity contribution in [3.8, 4) is 0 Å². The molecule has 0 saturated carbocycles. The molecule has 1 saturated heterocycles. The lowest BCUT2D eigenvalue weighted by molar-refractivity contribution is -0.149. The van der Waals surface area contributed by atoms with Gasteiger partial charge >= 0.3 is 5.97 Å². The van der Waals surface area contributed by atoms with E-state index in [0.717, 1.165) is 31.4 Å². The number of ether oxygens (including phenoxy) is 3. The van der Waals surface area contributed by atoms with Gasteiger partial charge in [-0.3, -0.25) is 19.2 Å². The monoisotopic (exact) mass is 775 g/mol. The van der Waals surface area contributed by atoms with Crippen molar-refractivity contribution in [1.82, 2.24) is 25.8 Å². The molecule has 14 nitrogen and oxygen atoms in total. The van der Waals surface area contributed by atoms with Crippen LogP contribution in [0.3, 0.4) is 0 Å². The number of hydrogen-bond donors (Lipinski definition) is 4. The molecular weight excluding hydrogens is 704 g/mol. The lowest BCUT2D eigenvalue weighted by Crippen LogP contribution is -2.58. The van der Waals surface area contributed by atoms with E-state index >= 15 is 0 Å². The Kier molecular flexibility index (Phi) is 20.1. The van der Waals surface area contributed by atoms with E-state index in [4.69, 9.17) is 19.9 Å². The number of esters is 1. The van der Waals surface area contributed by atoms with Crippen LogP contribution < -0.4 is 21.7 Å². The number of methoxy groups -OCH3 is 3. The van der Waals surface area contributed by atoms with Crippen LogP contribution in [-0.4, -0.2) is 124 Å². The van der Waals surface area contributed by atoms with E-state index in [1.165, 1.54) is 14.2 Å². The van der Waals surface area contributed by atoms with Gasteiger partial charge in [0, 0.05) is 45.8 Å². The molecule has 1 heterocycles. The second-order valence-electron chi connectivity index (χ2n) is 15.5. The number of rotatable bonds is 23. The van der Waals surface area contributed by atoms with Crippen molar-refractivity contribution >= 4 is 35.3 Å². The van der Waals surface area contributed by atoms with Crippen LogP contribution in [0.4, 0.5) is 5.69 Å². The Labute approximate surface area is 329 Å². The maximum Gasteiger partial charge on any atom is 0.328 e. The topological polar surface area (TPSA) is 182 Å². The van der Waals surface area contributed by atoms with Crippen LogP contribution >= 0.6 is 0 Å². The van der Waals surface area contributed by atoms with Gasteiger partial charge in [-0.2, -0.15) is 0 Å². The smallest absolute Gasteiger partial charge is 0.328 e. The highest BCUT2D eigenvalue weighted by Crippen LogP contribution is 2.30. The highest BCUT2D eigenvalue weighted by atomic mass is 16.5. The molecule has 1 aliphatic rings. The zero-order chi connectivity index (χ0) is 41.4. The van der Waals surface area contributed by atoms with Crippen molar-refractivity contribution in [3.05, 3.63) is 29.8 Å². The molecule has 2 rings (SSSR count). The highest BCUT2D eigenvalue weighted by Gasteiger charge is 2.43. The molecule has 0 aliphatic carbocycles. The van der Waals surface area contributed by atoms with Crippen molar-refractivity contribution in [2.75, 3.05) is 54.2 Å². The normalized spacial score (nSPS) is 18.7. The van der Waals surface area contributed by atoms with E-state index in [-0.39, 0.29) is 48.3 Å². The van der Waals surface area contributed by atoms with E-state index in [1.807, 2.05) is 41.7 Å². The molecule has 1 aromatic carbocycles. The quantitative estimate of drug-likeness (QED) is 0.0733. The van der Waals surface area contributed by atoms with Crippen molar-refractivity contribution < 1.29 is 38.2 Å². The number of nitrogens with two attached hydrogens (primary N) is 1. The zero-order valence-corrected chi connectivity index (χ0v) is 35.2. The van der Waals surface area contributed by atoms with Crippen molar-refractivity contribution in [2.45, 2.75) is 123 Å². The number of anilines is 1. The molecule has 5 N–H and O–H groups in total.